The maximum absolute atomic E-state index is 12.3. The molecule has 80 valence electrons. The van der Waals surface area contributed by atoms with Crippen LogP contribution in [-0.4, -0.2) is 17.3 Å². The van der Waals surface area contributed by atoms with Gasteiger partial charge in [-0.25, -0.2) is 0 Å². The number of halogens is 3. The van der Waals surface area contributed by atoms with Crippen LogP contribution in [0.15, 0.2) is 0 Å². The summed E-state index contributed by atoms with van der Waals surface area (Å²) in [6, 6.07) is 0. The lowest BCUT2D eigenvalue weighted by Gasteiger charge is -2.63. The van der Waals surface area contributed by atoms with Gasteiger partial charge in [-0.1, -0.05) is 0 Å². The largest absolute Gasteiger partial charge is 0.481 e. The molecule has 3 unspecified atom stereocenters. The van der Waals surface area contributed by atoms with Crippen LogP contribution < -0.4 is 0 Å². The number of aliphatic carboxylic acids is 1. The molecule has 0 aliphatic heterocycles. The minimum atomic E-state index is -4.13. The molecular formula is C9H11F3O2. The number of carboxylic acid groups (broad SMARTS) is 1. The molecule has 2 saturated carbocycles. The van der Waals surface area contributed by atoms with E-state index < -0.39 is 29.4 Å². The molecule has 0 aromatic carbocycles. The summed E-state index contributed by atoms with van der Waals surface area (Å²) in [5.74, 6) is -2.63. The molecule has 5 heteroatoms. The van der Waals surface area contributed by atoms with Crippen molar-refractivity contribution in [3.05, 3.63) is 0 Å². The Labute approximate surface area is 79.1 Å². The Balaban J connectivity index is 2.00. The number of hydrogen-bond donors (Lipinski definition) is 1. The molecule has 2 fully saturated rings. The van der Waals surface area contributed by atoms with Gasteiger partial charge in [-0.2, -0.15) is 13.2 Å². The second-order valence-corrected chi connectivity index (χ2v) is 4.43. The molecule has 3 atom stereocenters. The minimum Gasteiger partial charge on any atom is -0.481 e. The highest BCUT2D eigenvalue weighted by Crippen LogP contribution is 2.69. The first-order chi connectivity index (χ1) is 6.35. The van der Waals surface area contributed by atoms with Gasteiger partial charge in [0.2, 0.25) is 0 Å². The van der Waals surface area contributed by atoms with Crippen molar-refractivity contribution >= 4 is 5.97 Å². The number of carbonyl (C=O) groups is 1. The van der Waals surface area contributed by atoms with Gasteiger partial charge in [0, 0.05) is 0 Å². The van der Waals surface area contributed by atoms with Gasteiger partial charge in [0.15, 0.2) is 0 Å². The third kappa shape index (κ3) is 1.21. The van der Waals surface area contributed by atoms with E-state index in [4.69, 9.17) is 5.11 Å². The predicted molar refractivity (Wildman–Crippen MR) is 41.6 cm³/mol. The third-order valence-corrected chi connectivity index (χ3v) is 3.78. The summed E-state index contributed by atoms with van der Waals surface area (Å²) in [5, 5.41) is 8.57. The highest BCUT2D eigenvalue weighted by Gasteiger charge is 2.67. The van der Waals surface area contributed by atoms with E-state index >= 15 is 0 Å². The van der Waals surface area contributed by atoms with Gasteiger partial charge in [0.05, 0.1) is 12.3 Å². The molecule has 2 rings (SSSR count). The SMILES string of the molecule is O=C(O)CC12CCC1C(C(F)(F)F)C2. The minimum absolute atomic E-state index is 0.0213. The summed E-state index contributed by atoms with van der Waals surface area (Å²) in [4.78, 5) is 10.5. The Bertz CT molecular complexity index is 274. The second-order valence-electron chi connectivity index (χ2n) is 4.43. The lowest BCUT2D eigenvalue weighted by Crippen LogP contribution is -2.60. The summed E-state index contributed by atoms with van der Waals surface area (Å²) in [6.07, 6.45) is -3.02. The van der Waals surface area contributed by atoms with Crippen LogP contribution in [-0.2, 0) is 4.79 Å². The van der Waals surface area contributed by atoms with Crippen LogP contribution in [0.5, 0.6) is 0 Å². The van der Waals surface area contributed by atoms with E-state index in [-0.39, 0.29) is 12.8 Å². The van der Waals surface area contributed by atoms with E-state index in [9.17, 15) is 18.0 Å². The molecule has 0 heterocycles. The molecule has 0 bridgehead atoms. The smallest absolute Gasteiger partial charge is 0.392 e. The molecule has 0 aromatic heterocycles. The fourth-order valence-corrected chi connectivity index (χ4v) is 2.96. The second kappa shape index (κ2) is 2.64. The highest BCUT2D eigenvalue weighted by atomic mass is 19.4. The van der Waals surface area contributed by atoms with E-state index in [1.165, 1.54) is 0 Å². The number of hydrogen-bond acceptors (Lipinski definition) is 1. The molecule has 2 nitrogen and oxygen atoms in total. The summed E-state index contributed by atoms with van der Waals surface area (Å²) < 4.78 is 37.0. The fraction of sp³-hybridized carbons (Fsp3) is 0.889. The zero-order valence-electron chi connectivity index (χ0n) is 7.47. The van der Waals surface area contributed by atoms with Crippen LogP contribution in [0.4, 0.5) is 13.2 Å². The monoisotopic (exact) mass is 208 g/mol. The first-order valence-electron chi connectivity index (χ1n) is 4.64. The van der Waals surface area contributed by atoms with Crippen molar-refractivity contribution < 1.29 is 23.1 Å². The number of carboxylic acids is 1. The van der Waals surface area contributed by atoms with Crippen LogP contribution in [0.3, 0.4) is 0 Å². The van der Waals surface area contributed by atoms with Crippen LogP contribution in [0.25, 0.3) is 0 Å². The Morgan fingerprint density at radius 3 is 2.43 bits per heavy atom. The predicted octanol–water partition coefficient (Wildman–Crippen LogP) is 2.44. The van der Waals surface area contributed by atoms with Crippen molar-refractivity contribution in [1.29, 1.82) is 0 Å². The number of rotatable bonds is 2. The highest BCUT2D eigenvalue weighted by molar-refractivity contribution is 5.68. The third-order valence-electron chi connectivity index (χ3n) is 3.78. The maximum atomic E-state index is 12.3. The van der Waals surface area contributed by atoms with Gasteiger partial charge < -0.3 is 5.11 Å². The zero-order chi connectivity index (χ0) is 10.6. The van der Waals surface area contributed by atoms with Crippen LogP contribution >= 0.6 is 0 Å². The van der Waals surface area contributed by atoms with E-state index in [1.807, 2.05) is 0 Å². The quantitative estimate of drug-likeness (QED) is 0.756. The standard InChI is InChI=1S/C9H11F3O2/c10-9(11,12)6-3-8(4-7(13)14)2-1-5(6)8/h5-6H,1-4H2,(H,13,14). The number of fused-ring (bicyclic) bond motifs is 1. The van der Waals surface area contributed by atoms with Gasteiger partial charge in [0.25, 0.3) is 0 Å². The number of alkyl halides is 3. The molecule has 0 amide bonds. The average molecular weight is 208 g/mol. The topological polar surface area (TPSA) is 37.3 Å². The van der Waals surface area contributed by atoms with Crippen molar-refractivity contribution in [2.24, 2.45) is 17.3 Å². The molecule has 0 spiro atoms. The van der Waals surface area contributed by atoms with Crippen molar-refractivity contribution in [3.63, 3.8) is 0 Å². The maximum Gasteiger partial charge on any atom is 0.392 e. The van der Waals surface area contributed by atoms with Gasteiger partial charge in [0.1, 0.15) is 0 Å². The van der Waals surface area contributed by atoms with E-state index in [2.05, 4.69) is 0 Å². The lowest BCUT2D eigenvalue weighted by atomic mass is 9.41. The van der Waals surface area contributed by atoms with Crippen LogP contribution in [0.2, 0.25) is 0 Å². The van der Waals surface area contributed by atoms with Crippen LogP contribution in [0.1, 0.15) is 25.7 Å². The van der Waals surface area contributed by atoms with Gasteiger partial charge in [-0.15, -0.1) is 0 Å². The molecule has 1 N–H and O–H groups in total. The Hall–Kier alpha value is -0.740. The summed E-state index contributed by atoms with van der Waals surface area (Å²) in [6.45, 7) is 0. The summed E-state index contributed by atoms with van der Waals surface area (Å²) in [7, 11) is 0. The first kappa shape index (κ1) is 9.80. The van der Waals surface area contributed by atoms with Crippen molar-refractivity contribution in [1.82, 2.24) is 0 Å². The lowest BCUT2D eigenvalue weighted by molar-refractivity contribution is -0.283. The molecule has 2 aliphatic carbocycles. The van der Waals surface area contributed by atoms with Gasteiger partial charge >= 0.3 is 12.1 Å². The van der Waals surface area contributed by atoms with Gasteiger partial charge in [-0.05, 0) is 30.6 Å². The zero-order valence-corrected chi connectivity index (χ0v) is 7.47. The Morgan fingerprint density at radius 1 is 1.50 bits per heavy atom. The van der Waals surface area contributed by atoms with Crippen molar-refractivity contribution in [3.8, 4) is 0 Å². The summed E-state index contributed by atoms with van der Waals surface area (Å²) in [5.41, 5.74) is -0.508. The van der Waals surface area contributed by atoms with Crippen molar-refractivity contribution in [2.75, 3.05) is 0 Å². The Morgan fingerprint density at radius 2 is 2.14 bits per heavy atom. The molecule has 0 radical (unpaired) electrons. The molecule has 0 saturated heterocycles. The van der Waals surface area contributed by atoms with Gasteiger partial charge in [-0.3, -0.25) is 4.79 Å². The van der Waals surface area contributed by atoms with E-state index in [1.54, 1.807) is 0 Å². The Kier molecular flexibility index (Phi) is 1.85. The summed E-state index contributed by atoms with van der Waals surface area (Å²) >= 11 is 0. The average Bonchev–Trinajstić information content (AvgIpc) is 1.98. The van der Waals surface area contributed by atoms with E-state index in [0.717, 1.165) is 0 Å². The van der Waals surface area contributed by atoms with E-state index in [0.29, 0.717) is 12.8 Å². The normalized spacial score (nSPS) is 40.8. The molecule has 0 aromatic rings. The first-order valence-corrected chi connectivity index (χ1v) is 4.64. The molecule has 2 aliphatic rings. The molecule has 14 heavy (non-hydrogen) atoms. The van der Waals surface area contributed by atoms with Crippen molar-refractivity contribution in [2.45, 2.75) is 31.9 Å². The van der Waals surface area contributed by atoms with Crippen LogP contribution in [0, 0.1) is 17.3 Å². The molecular weight excluding hydrogens is 197 g/mol. The fourth-order valence-electron chi connectivity index (χ4n) is 2.96.